The molecular weight excluding hydrogens is 212 g/mol. The second-order valence-corrected chi connectivity index (χ2v) is 5.92. The summed E-state index contributed by atoms with van der Waals surface area (Å²) in [5, 5.41) is 6.31. The van der Waals surface area contributed by atoms with E-state index in [0.717, 1.165) is 12.3 Å². The molecular formula is C14H28N2O. The van der Waals surface area contributed by atoms with Crippen LogP contribution < -0.4 is 10.6 Å². The van der Waals surface area contributed by atoms with Crippen molar-refractivity contribution < 1.29 is 4.79 Å². The lowest BCUT2D eigenvalue weighted by atomic mass is 9.86. The Morgan fingerprint density at radius 3 is 2.29 bits per heavy atom. The van der Waals surface area contributed by atoms with E-state index in [9.17, 15) is 4.79 Å². The first kappa shape index (κ1) is 14.5. The summed E-state index contributed by atoms with van der Waals surface area (Å²) >= 11 is 0. The molecule has 0 spiro atoms. The van der Waals surface area contributed by atoms with Crippen LogP contribution in [0.5, 0.6) is 0 Å². The molecule has 100 valence electrons. The van der Waals surface area contributed by atoms with Gasteiger partial charge < -0.3 is 10.6 Å². The van der Waals surface area contributed by atoms with Crippen LogP contribution in [0.1, 0.15) is 52.9 Å². The summed E-state index contributed by atoms with van der Waals surface area (Å²) in [5.41, 5.74) is 0. The first-order valence-corrected chi connectivity index (χ1v) is 7.00. The van der Waals surface area contributed by atoms with Crippen molar-refractivity contribution in [1.82, 2.24) is 10.6 Å². The van der Waals surface area contributed by atoms with Gasteiger partial charge in [0, 0.05) is 13.1 Å². The highest BCUT2D eigenvalue weighted by Crippen LogP contribution is 2.24. The first-order valence-electron chi connectivity index (χ1n) is 7.00. The summed E-state index contributed by atoms with van der Waals surface area (Å²) in [6, 6.07) is 0.519. The van der Waals surface area contributed by atoms with E-state index in [0.29, 0.717) is 12.0 Å². The van der Waals surface area contributed by atoms with Gasteiger partial charge in [-0.3, -0.25) is 4.79 Å². The van der Waals surface area contributed by atoms with Crippen LogP contribution in [0, 0.1) is 11.8 Å². The topological polar surface area (TPSA) is 41.1 Å². The van der Waals surface area contributed by atoms with Crippen LogP contribution in [-0.2, 0) is 4.79 Å². The molecule has 1 rings (SSSR count). The Morgan fingerprint density at radius 2 is 1.82 bits per heavy atom. The van der Waals surface area contributed by atoms with Crippen molar-refractivity contribution in [3.8, 4) is 0 Å². The van der Waals surface area contributed by atoms with Crippen molar-refractivity contribution in [2.24, 2.45) is 11.8 Å². The van der Waals surface area contributed by atoms with Crippen molar-refractivity contribution in [2.45, 2.75) is 65.0 Å². The smallest absolute Gasteiger partial charge is 0.236 e. The highest BCUT2D eigenvalue weighted by Gasteiger charge is 2.24. The minimum Gasteiger partial charge on any atom is -0.358 e. The van der Waals surface area contributed by atoms with Crippen molar-refractivity contribution in [2.75, 3.05) is 7.05 Å². The maximum Gasteiger partial charge on any atom is 0.236 e. The molecule has 17 heavy (non-hydrogen) atoms. The van der Waals surface area contributed by atoms with Crippen LogP contribution in [0.25, 0.3) is 0 Å². The lowest BCUT2D eigenvalue weighted by molar-refractivity contribution is -0.123. The molecule has 1 atom stereocenters. The van der Waals surface area contributed by atoms with Crippen LogP contribution >= 0.6 is 0 Å². The Balaban J connectivity index is 2.45. The molecule has 1 saturated carbocycles. The Kier molecular flexibility index (Phi) is 5.96. The van der Waals surface area contributed by atoms with Crippen LogP contribution in [0.15, 0.2) is 0 Å². The summed E-state index contributed by atoms with van der Waals surface area (Å²) in [5.74, 6) is 1.54. The molecule has 1 aliphatic rings. The molecule has 0 aliphatic heterocycles. The van der Waals surface area contributed by atoms with Crippen LogP contribution in [0.2, 0.25) is 0 Å². The lowest BCUT2D eigenvalue weighted by Crippen LogP contribution is -2.49. The SMILES string of the molecule is CNC(=O)C(CC(C)C)NC1CCC(C)CC1. The molecule has 1 aliphatic carbocycles. The normalized spacial score (nSPS) is 26.9. The van der Waals surface area contributed by atoms with E-state index in [-0.39, 0.29) is 11.9 Å². The van der Waals surface area contributed by atoms with E-state index in [1.54, 1.807) is 7.05 Å². The second kappa shape index (κ2) is 7.00. The number of nitrogens with one attached hydrogen (secondary N) is 2. The van der Waals surface area contributed by atoms with Gasteiger partial charge in [-0.25, -0.2) is 0 Å². The summed E-state index contributed by atoms with van der Waals surface area (Å²) in [6.07, 6.45) is 5.94. The molecule has 1 unspecified atom stereocenters. The molecule has 1 fully saturated rings. The van der Waals surface area contributed by atoms with Gasteiger partial charge >= 0.3 is 0 Å². The predicted octanol–water partition coefficient (Wildman–Crippen LogP) is 2.32. The monoisotopic (exact) mass is 240 g/mol. The first-order chi connectivity index (χ1) is 8.02. The molecule has 0 aromatic heterocycles. The highest BCUT2D eigenvalue weighted by molar-refractivity contribution is 5.81. The zero-order valence-electron chi connectivity index (χ0n) is 11.8. The number of rotatable bonds is 5. The van der Waals surface area contributed by atoms with E-state index in [2.05, 4.69) is 31.4 Å². The summed E-state index contributed by atoms with van der Waals surface area (Å²) in [4.78, 5) is 11.8. The van der Waals surface area contributed by atoms with Crippen molar-refractivity contribution in [1.29, 1.82) is 0 Å². The van der Waals surface area contributed by atoms with Gasteiger partial charge in [0.05, 0.1) is 6.04 Å². The summed E-state index contributed by atoms with van der Waals surface area (Å²) in [7, 11) is 1.72. The average Bonchev–Trinajstić information content (AvgIpc) is 2.29. The van der Waals surface area contributed by atoms with Gasteiger partial charge in [-0.15, -0.1) is 0 Å². The maximum atomic E-state index is 11.8. The van der Waals surface area contributed by atoms with Gasteiger partial charge in [0.15, 0.2) is 0 Å². The van der Waals surface area contributed by atoms with Gasteiger partial charge in [0.25, 0.3) is 0 Å². The Hall–Kier alpha value is -0.570. The predicted molar refractivity (Wildman–Crippen MR) is 71.9 cm³/mol. The molecule has 3 nitrogen and oxygen atoms in total. The van der Waals surface area contributed by atoms with E-state index < -0.39 is 0 Å². The molecule has 1 amide bonds. The standard InChI is InChI=1S/C14H28N2O/c1-10(2)9-13(14(17)15-4)16-12-7-5-11(3)6-8-12/h10-13,16H,5-9H2,1-4H3,(H,15,17). The van der Waals surface area contributed by atoms with Crippen molar-refractivity contribution in [3.63, 3.8) is 0 Å². The zero-order valence-corrected chi connectivity index (χ0v) is 11.8. The van der Waals surface area contributed by atoms with Gasteiger partial charge in [-0.05, 0) is 43.9 Å². The minimum absolute atomic E-state index is 0.0154. The molecule has 0 heterocycles. The molecule has 0 aromatic rings. The third-order valence-corrected chi connectivity index (χ3v) is 3.72. The molecule has 0 radical (unpaired) electrons. The fourth-order valence-corrected chi connectivity index (χ4v) is 2.61. The van der Waals surface area contributed by atoms with Crippen LogP contribution in [0.4, 0.5) is 0 Å². The number of carbonyl (C=O) groups is 1. The van der Waals surface area contributed by atoms with Crippen LogP contribution in [-0.4, -0.2) is 25.0 Å². The third kappa shape index (κ3) is 5.07. The van der Waals surface area contributed by atoms with E-state index in [1.807, 2.05) is 0 Å². The van der Waals surface area contributed by atoms with E-state index in [4.69, 9.17) is 0 Å². The van der Waals surface area contributed by atoms with Crippen LogP contribution in [0.3, 0.4) is 0 Å². The fraction of sp³-hybridized carbons (Fsp3) is 0.929. The van der Waals surface area contributed by atoms with Gasteiger partial charge in [0.2, 0.25) is 5.91 Å². The Labute approximate surface area is 106 Å². The van der Waals surface area contributed by atoms with E-state index >= 15 is 0 Å². The molecule has 0 bridgehead atoms. The second-order valence-electron chi connectivity index (χ2n) is 5.92. The van der Waals surface area contributed by atoms with Crippen molar-refractivity contribution >= 4 is 5.91 Å². The number of likely N-dealkylation sites (N-methyl/N-ethyl adjacent to an activating group) is 1. The molecule has 3 heteroatoms. The van der Waals surface area contributed by atoms with Gasteiger partial charge in [-0.2, -0.15) is 0 Å². The quantitative estimate of drug-likeness (QED) is 0.774. The molecule has 0 aromatic carbocycles. The molecule has 2 N–H and O–H groups in total. The van der Waals surface area contributed by atoms with Gasteiger partial charge in [0.1, 0.15) is 0 Å². The minimum atomic E-state index is -0.0154. The number of hydrogen-bond donors (Lipinski definition) is 2. The van der Waals surface area contributed by atoms with E-state index in [1.165, 1.54) is 25.7 Å². The molecule has 0 saturated heterocycles. The number of carbonyl (C=O) groups excluding carboxylic acids is 1. The lowest BCUT2D eigenvalue weighted by Gasteiger charge is -2.31. The number of hydrogen-bond acceptors (Lipinski definition) is 2. The van der Waals surface area contributed by atoms with Crippen molar-refractivity contribution in [3.05, 3.63) is 0 Å². The zero-order chi connectivity index (χ0) is 12.8. The Bertz CT molecular complexity index is 232. The van der Waals surface area contributed by atoms with Gasteiger partial charge in [-0.1, -0.05) is 20.8 Å². The fourth-order valence-electron chi connectivity index (χ4n) is 2.61. The summed E-state index contributed by atoms with van der Waals surface area (Å²) in [6.45, 7) is 6.65. The number of amides is 1. The maximum absolute atomic E-state index is 11.8. The largest absolute Gasteiger partial charge is 0.358 e. The highest BCUT2D eigenvalue weighted by atomic mass is 16.2. The summed E-state index contributed by atoms with van der Waals surface area (Å²) < 4.78 is 0. The third-order valence-electron chi connectivity index (χ3n) is 3.72. The average molecular weight is 240 g/mol. The Morgan fingerprint density at radius 1 is 1.24 bits per heavy atom.